The lowest BCUT2D eigenvalue weighted by Gasteiger charge is -2.11. The van der Waals surface area contributed by atoms with Crippen molar-refractivity contribution in [1.82, 2.24) is 20.2 Å². The van der Waals surface area contributed by atoms with Crippen LogP contribution in [0.5, 0.6) is 0 Å². The van der Waals surface area contributed by atoms with Crippen molar-refractivity contribution >= 4 is 21.9 Å². The van der Waals surface area contributed by atoms with Gasteiger partial charge in [0.25, 0.3) is 0 Å². The number of carboxylic acid groups (broad SMARTS) is 1. The van der Waals surface area contributed by atoms with E-state index in [2.05, 4.69) is 31.5 Å². The van der Waals surface area contributed by atoms with Gasteiger partial charge in [-0.05, 0) is 28.6 Å². The summed E-state index contributed by atoms with van der Waals surface area (Å²) in [4.78, 5) is 10.5. The third-order valence-corrected chi connectivity index (χ3v) is 3.29. The Bertz CT molecular complexity index is 672. The minimum atomic E-state index is -4.52. The van der Waals surface area contributed by atoms with Crippen molar-refractivity contribution in [2.75, 3.05) is 0 Å². The van der Waals surface area contributed by atoms with Gasteiger partial charge in [0.15, 0.2) is 5.82 Å². The van der Waals surface area contributed by atoms with Crippen molar-refractivity contribution in [3.8, 4) is 11.4 Å². The Balaban J connectivity index is 2.39. The van der Waals surface area contributed by atoms with Crippen LogP contribution in [0, 0.1) is 0 Å². The third-order valence-electron chi connectivity index (χ3n) is 2.60. The highest BCUT2D eigenvalue weighted by molar-refractivity contribution is 9.10. The first-order valence-electron chi connectivity index (χ1n) is 5.64. The number of alkyl halides is 3. The van der Waals surface area contributed by atoms with Crippen LogP contribution in [-0.2, 0) is 17.5 Å². The van der Waals surface area contributed by atoms with Crippen LogP contribution in [0.3, 0.4) is 0 Å². The number of hydrogen-bond acceptors (Lipinski definition) is 4. The van der Waals surface area contributed by atoms with Gasteiger partial charge in [-0.2, -0.15) is 13.2 Å². The van der Waals surface area contributed by atoms with Crippen molar-refractivity contribution in [1.29, 1.82) is 0 Å². The lowest BCUT2D eigenvalue weighted by atomic mass is 10.1. The normalized spacial score (nSPS) is 11.6. The molecule has 0 atom stereocenters. The van der Waals surface area contributed by atoms with Crippen LogP contribution in [-0.4, -0.2) is 31.3 Å². The number of aliphatic carboxylic acids is 1. The fraction of sp³-hybridized carbons (Fsp3) is 0.273. The van der Waals surface area contributed by atoms with Gasteiger partial charge in [-0.1, -0.05) is 15.9 Å². The molecule has 0 aliphatic carbocycles. The highest BCUT2D eigenvalue weighted by Crippen LogP contribution is 2.36. The molecule has 0 radical (unpaired) electrons. The van der Waals surface area contributed by atoms with Gasteiger partial charge in [0.05, 0.1) is 18.5 Å². The lowest BCUT2D eigenvalue weighted by molar-refractivity contribution is -0.138. The molecular formula is C11H8BrF3N4O2. The molecule has 0 spiro atoms. The number of rotatable bonds is 4. The summed E-state index contributed by atoms with van der Waals surface area (Å²) >= 11 is 2.84. The molecule has 0 bridgehead atoms. The maximum atomic E-state index is 12.9. The number of tetrazole rings is 1. The minimum Gasteiger partial charge on any atom is -0.481 e. The van der Waals surface area contributed by atoms with Gasteiger partial charge in [0, 0.05) is 10.0 Å². The van der Waals surface area contributed by atoms with Crippen molar-refractivity contribution in [3.63, 3.8) is 0 Å². The Hall–Kier alpha value is -1.97. The molecule has 10 heteroatoms. The summed E-state index contributed by atoms with van der Waals surface area (Å²) in [6, 6.07) is 3.57. The molecule has 0 amide bonds. The van der Waals surface area contributed by atoms with Gasteiger partial charge in [0.2, 0.25) is 0 Å². The van der Waals surface area contributed by atoms with Gasteiger partial charge in [0.1, 0.15) is 0 Å². The van der Waals surface area contributed by atoms with E-state index in [1.807, 2.05) is 0 Å². The molecule has 2 rings (SSSR count). The zero-order valence-electron chi connectivity index (χ0n) is 10.3. The first-order valence-corrected chi connectivity index (χ1v) is 6.43. The minimum absolute atomic E-state index is 0.0327. The van der Waals surface area contributed by atoms with Crippen molar-refractivity contribution < 1.29 is 23.1 Å². The molecule has 2 aromatic rings. The molecule has 0 fully saturated rings. The molecule has 0 saturated heterocycles. The Morgan fingerprint density at radius 2 is 2.10 bits per heavy atom. The smallest absolute Gasteiger partial charge is 0.417 e. The van der Waals surface area contributed by atoms with E-state index >= 15 is 0 Å². The Kier molecular flexibility index (Phi) is 4.26. The standard InChI is InChI=1S/C11H8BrF3N4O2/c12-8-2-1-6(5-7(8)11(13,14)15)10-16-17-18-19(10)4-3-9(20)21/h1-2,5H,3-4H2,(H,20,21). The van der Waals surface area contributed by atoms with Crippen LogP contribution in [0.2, 0.25) is 0 Å². The fourth-order valence-corrected chi connectivity index (χ4v) is 2.12. The fourth-order valence-electron chi connectivity index (χ4n) is 1.65. The first-order chi connectivity index (χ1) is 9.79. The Labute approximate surface area is 124 Å². The van der Waals surface area contributed by atoms with E-state index in [9.17, 15) is 18.0 Å². The Morgan fingerprint density at radius 1 is 1.38 bits per heavy atom. The van der Waals surface area contributed by atoms with Gasteiger partial charge in [-0.15, -0.1) is 5.10 Å². The molecule has 0 aliphatic heterocycles. The molecule has 0 aliphatic rings. The molecule has 1 N–H and O–H groups in total. The van der Waals surface area contributed by atoms with Crippen LogP contribution in [0.4, 0.5) is 13.2 Å². The molecule has 1 heterocycles. The lowest BCUT2D eigenvalue weighted by Crippen LogP contribution is -2.09. The van der Waals surface area contributed by atoms with Crippen LogP contribution in [0.15, 0.2) is 22.7 Å². The third kappa shape index (κ3) is 3.57. The quantitative estimate of drug-likeness (QED) is 0.901. The van der Waals surface area contributed by atoms with E-state index in [-0.39, 0.29) is 28.8 Å². The number of carboxylic acids is 1. The number of carbonyl (C=O) groups is 1. The predicted molar refractivity (Wildman–Crippen MR) is 68.2 cm³/mol. The van der Waals surface area contributed by atoms with Crippen LogP contribution in [0.1, 0.15) is 12.0 Å². The summed E-state index contributed by atoms with van der Waals surface area (Å²) in [5.41, 5.74) is -0.700. The number of halogens is 4. The molecule has 112 valence electrons. The molecule has 6 nitrogen and oxygen atoms in total. The van der Waals surface area contributed by atoms with Gasteiger partial charge in [-0.3, -0.25) is 4.79 Å². The average Bonchev–Trinajstić information content (AvgIpc) is 2.84. The monoisotopic (exact) mass is 364 g/mol. The average molecular weight is 365 g/mol. The summed E-state index contributed by atoms with van der Waals surface area (Å²) < 4.78 is 39.6. The van der Waals surface area contributed by atoms with Crippen molar-refractivity contribution in [3.05, 3.63) is 28.2 Å². The van der Waals surface area contributed by atoms with E-state index < -0.39 is 17.7 Å². The summed E-state index contributed by atoms with van der Waals surface area (Å²) in [6.45, 7) is -0.0327. The van der Waals surface area contributed by atoms with Gasteiger partial charge >= 0.3 is 12.1 Å². The second-order valence-corrected chi connectivity index (χ2v) is 4.92. The Morgan fingerprint density at radius 3 is 2.71 bits per heavy atom. The van der Waals surface area contributed by atoms with Crippen molar-refractivity contribution in [2.45, 2.75) is 19.1 Å². The van der Waals surface area contributed by atoms with E-state index in [0.717, 1.165) is 10.7 Å². The summed E-state index contributed by atoms with van der Waals surface area (Å²) in [7, 11) is 0. The molecule has 21 heavy (non-hydrogen) atoms. The maximum absolute atomic E-state index is 12.9. The van der Waals surface area contributed by atoms with Crippen molar-refractivity contribution in [2.24, 2.45) is 0 Å². The zero-order valence-corrected chi connectivity index (χ0v) is 11.9. The summed E-state index contributed by atoms with van der Waals surface area (Å²) in [5.74, 6) is -0.975. The molecule has 1 aromatic heterocycles. The largest absolute Gasteiger partial charge is 0.481 e. The van der Waals surface area contributed by atoms with E-state index in [4.69, 9.17) is 5.11 Å². The number of aryl methyl sites for hydroxylation is 1. The summed E-state index contributed by atoms with van der Waals surface area (Å²) in [5, 5.41) is 19.2. The number of hydrogen-bond donors (Lipinski definition) is 1. The maximum Gasteiger partial charge on any atom is 0.417 e. The molecular weight excluding hydrogens is 357 g/mol. The second-order valence-electron chi connectivity index (χ2n) is 4.06. The van der Waals surface area contributed by atoms with Gasteiger partial charge in [-0.25, -0.2) is 4.68 Å². The molecule has 0 saturated carbocycles. The van der Waals surface area contributed by atoms with E-state index in [1.165, 1.54) is 12.1 Å². The van der Waals surface area contributed by atoms with E-state index in [1.54, 1.807) is 0 Å². The topological polar surface area (TPSA) is 80.9 Å². The predicted octanol–water partition coefficient (Wildman–Crippen LogP) is 2.60. The summed E-state index contributed by atoms with van der Waals surface area (Å²) in [6.07, 6.45) is -4.76. The highest BCUT2D eigenvalue weighted by atomic mass is 79.9. The van der Waals surface area contributed by atoms with Crippen LogP contribution >= 0.6 is 15.9 Å². The number of benzene rings is 1. The molecule has 0 unspecified atom stereocenters. The van der Waals surface area contributed by atoms with Crippen LogP contribution < -0.4 is 0 Å². The van der Waals surface area contributed by atoms with Crippen LogP contribution in [0.25, 0.3) is 11.4 Å². The number of aromatic nitrogens is 4. The number of nitrogens with zero attached hydrogens (tertiary/aromatic N) is 4. The SMILES string of the molecule is O=C(O)CCn1nnnc1-c1ccc(Br)c(C(F)(F)F)c1. The zero-order chi connectivity index (χ0) is 15.6. The second kappa shape index (κ2) is 5.80. The van der Waals surface area contributed by atoms with Gasteiger partial charge < -0.3 is 5.11 Å². The van der Waals surface area contributed by atoms with E-state index in [0.29, 0.717) is 0 Å². The first kappa shape index (κ1) is 15.4. The highest BCUT2D eigenvalue weighted by Gasteiger charge is 2.33. The molecule has 1 aromatic carbocycles.